The van der Waals surface area contributed by atoms with Gasteiger partial charge in [-0.1, -0.05) is 45.2 Å². The highest BCUT2D eigenvalue weighted by Gasteiger charge is 2.24. The molecule has 0 bridgehead atoms. The average molecular weight is 494 g/mol. The Bertz CT molecular complexity index is 1100. The second-order valence-electron chi connectivity index (χ2n) is 5.76. The van der Waals surface area contributed by atoms with E-state index < -0.39 is 0 Å². The van der Waals surface area contributed by atoms with E-state index in [2.05, 4.69) is 26.2 Å². The van der Waals surface area contributed by atoms with Crippen LogP contribution in [0.5, 0.6) is 0 Å². The number of amides is 1. The molecule has 0 atom stereocenters. The minimum Gasteiger partial charge on any atom is -0.457 e. The molecule has 4 nitrogen and oxygen atoms in total. The summed E-state index contributed by atoms with van der Waals surface area (Å²) in [5.74, 6) is 0.831. The summed E-state index contributed by atoms with van der Waals surface area (Å²) >= 11 is 17.1. The van der Waals surface area contributed by atoms with E-state index in [4.69, 9.17) is 27.6 Å². The molecule has 2 aromatic carbocycles. The lowest BCUT2D eigenvalue weighted by molar-refractivity contribution is -0.115. The number of rotatable bonds is 3. The Morgan fingerprint density at radius 2 is 1.75 bits per heavy atom. The molecule has 140 valence electrons. The predicted molar refractivity (Wildman–Crippen MR) is 119 cm³/mol. The summed E-state index contributed by atoms with van der Waals surface area (Å²) in [6.45, 7) is 0. The zero-order chi connectivity index (χ0) is 19.7. The van der Waals surface area contributed by atoms with E-state index in [1.807, 2.05) is 24.3 Å². The molecule has 1 aliphatic rings. The maximum absolute atomic E-state index is 12.2. The third-order valence-corrected chi connectivity index (χ3v) is 5.89. The van der Waals surface area contributed by atoms with E-state index >= 15 is 0 Å². The Hall–Kier alpha value is -1.99. The number of thioether (sulfide) groups is 1. The van der Waals surface area contributed by atoms with Crippen LogP contribution in [0, 0.1) is 0 Å². The summed E-state index contributed by atoms with van der Waals surface area (Å²) in [6.07, 6.45) is 1.67. The van der Waals surface area contributed by atoms with Gasteiger partial charge in [-0.15, -0.1) is 0 Å². The van der Waals surface area contributed by atoms with Gasteiger partial charge in [0.1, 0.15) is 11.5 Å². The lowest BCUT2D eigenvalue weighted by Crippen LogP contribution is -2.19. The highest BCUT2D eigenvalue weighted by molar-refractivity contribution is 9.10. The maximum atomic E-state index is 12.2. The van der Waals surface area contributed by atoms with Gasteiger partial charge in [-0.3, -0.25) is 4.79 Å². The van der Waals surface area contributed by atoms with Crippen molar-refractivity contribution in [2.75, 3.05) is 0 Å². The van der Waals surface area contributed by atoms with Gasteiger partial charge >= 0.3 is 0 Å². The second kappa shape index (κ2) is 8.17. The van der Waals surface area contributed by atoms with Gasteiger partial charge in [0.15, 0.2) is 5.17 Å². The van der Waals surface area contributed by atoms with Crippen LogP contribution in [-0.2, 0) is 4.79 Å². The topological polar surface area (TPSA) is 54.6 Å². The van der Waals surface area contributed by atoms with Crippen molar-refractivity contribution in [3.05, 3.63) is 79.8 Å². The maximum Gasteiger partial charge on any atom is 0.264 e. The van der Waals surface area contributed by atoms with Crippen LogP contribution < -0.4 is 5.32 Å². The monoisotopic (exact) mass is 492 g/mol. The molecule has 0 saturated carbocycles. The number of nitrogens with one attached hydrogen (secondary N) is 1. The third-order valence-electron chi connectivity index (χ3n) is 3.82. The van der Waals surface area contributed by atoms with E-state index in [0.29, 0.717) is 37.2 Å². The van der Waals surface area contributed by atoms with Crippen LogP contribution >= 0.6 is 50.9 Å². The fourth-order valence-electron chi connectivity index (χ4n) is 2.54. The summed E-state index contributed by atoms with van der Waals surface area (Å²) in [4.78, 5) is 17.2. The Labute approximate surface area is 183 Å². The normalized spacial score (nSPS) is 16.8. The lowest BCUT2D eigenvalue weighted by Gasteiger charge is -2.02. The van der Waals surface area contributed by atoms with Gasteiger partial charge in [-0.2, -0.15) is 0 Å². The molecule has 0 unspecified atom stereocenters. The molecule has 0 aliphatic carbocycles. The molecule has 1 fully saturated rings. The highest BCUT2D eigenvalue weighted by Crippen LogP contribution is 2.36. The first-order chi connectivity index (χ1) is 13.5. The quantitative estimate of drug-likeness (QED) is 0.403. The summed E-state index contributed by atoms with van der Waals surface area (Å²) < 4.78 is 6.79. The summed E-state index contributed by atoms with van der Waals surface area (Å²) in [5.41, 5.74) is 1.37. The minimum absolute atomic E-state index is 0.227. The van der Waals surface area contributed by atoms with Crippen LogP contribution in [0.2, 0.25) is 10.0 Å². The molecule has 4 rings (SSSR count). The first-order valence-corrected chi connectivity index (χ1v) is 10.5. The van der Waals surface area contributed by atoms with Crippen molar-refractivity contribution in [1.82, 2.24) is 5.32 Å². The third kappa shape index (κ3) is 4.20. The molecule has 28 heavy (non-hydrogen) atoms. The van der Waals surface area contributed by atoms with Gasteiger partial charge in [0.25, 0.3) is 5.91 Å². The largest absolute Gasteiger partial charge is 0.457 e. The lowest BCUT2D eigenvalue weighted by atomic mass is 10.2. The molecule has 1 aromatic heterocycles. The van der Waals surface area contributed by atoms with Crippen LogP contribution in [0.4, 0.5) is 5.69 Å². The van der Waals surface area contributed by atoms with Crippen LogP contribution in [0.15, 0.2) is 73.4 Å². The number of amidine groups is 1. The zero-order valence-corrected chi connectivity index (χ0v) is 18.0. The molecule has 8 heteroatoms. The van der Waals surface area contributed by atoms with Gasteiger partial charge in [0, 0.05) is 10.5 Å². The smallest absolute Gasteiger partial charge is 0.264 e. The zero-order valence-electron chi connectivity index (χ0n) is 14.1. The van der Waals surface area contributed by atoms with Crippen LogP contribution in [0.3, 0.4) is 0 Å². The number of furan rings is 1. The van der Waals surface area contributed by atoms with Crippen molar-refractivity contribution >= 4 is 73.7 Å². The number of nitrogens with zero attached hydrogens (tertiary/aromatic N) is 1. The van der Waals surface area contributed by atoms with Gasteiger partial charge in [-0.05, 0) is 60.3 Å². The number of hydrogen-bond donors (Lipinski definition) is 1. The average Bonchev–Trinajstić information content (AvgIpc) is 3.24. The van der Waals surface area contributed by atoms with Crippen molar-refractivity contribution in [2.24, 2.45) is 4.99 Å². The van der Waals surface area contributed by atoms with Gasteiger partial charge < -0.3 is 9.73 Å². The number of halogens is 3. The van der Waals surface area contributed by atoms with E-state index in [-0.39, 0.29) is 5.91 Å². The molecule has 3 aromatic rings. The summed E-state index contributed by atoms with van der Waals surface area (Å²) in [7, 11) is 0. The standard InChI is InChI=1S/C20H11BrCl2N2O2S/c21-11-4-6-12(7-5-11)24-20-25-19(26)17(28-20)10-13-8-9-16(27-13)18-14(22)2-1-3-15(18)23/h1-10H,(H,24,25,26). The van der Waals surface area contributed by atoms with Gasteiger partial charge in [0.2, 0.25) is 0 Å². The molecule has 1 N–H and O–H groups in total. The molecule has 0 radical (unpaired) electrons. The number of carbonyl (C=O) groups is 1. The Morgan fingerprint density at radius 3 is 2.46 bits per heavy atom. The molecular weight excluding hydrogens is 483 g/mol. The van der Waals surface area contributed by atoms with Crippen molar-refractivity contribution in [3.8, 4) is 11.3 Å². The van der Waals surface area contributed by atoms with Crippen molar-refractivity contribution in [3.63, 3.8) is 0 Å². The van der Waals surface area contributed by atoms with Crippen LogP contribution in [0.1, 0.15) is 5.76 Å². The first kappa shape index (κ1) is 19.3. The van der Waals surface area contributed by atoms with Crippen LogP contribution in [0.25, 0.3) is 17.4 Å². The molecular formula is C20H11BrCl2N2O2S. The molecule has 0 spiro atoms. The fourth-order valence-corrected chi connectivity index (χ4v) is 4.21. The number of hydrogen-bond acceptors (Lipinski definition) is 4. The second-order valence-corrected chi connectivity index (χ2v) is 8.52. The molecule has 2 heterocycles. The number of aliphatic imine (C=N–C) groups is 1. The van der Waals surface area contributed by atoms with Crippen molar-refractivity contribution in [2.45, 2.75) is 0 Å². The number of benzene rings is 2. The van der Waals surface area contributed by atoms with E-state index in [9.17, 15) is 4.79 Å². The molecule has 1 amide bonds. The number of carbonyl (C=O) groups excluding carboxylic acids is 1. The Morgan fingerprint density at radius 1 is 1.04 bits per heavy atom. The van der Waals surface area contributed by atoms with Crippen LogP contribution in [-0.4, -0.2) is 11.1 Å². The Balaban J connectivity index is 1.57. The van der Waals surface area contributed by atoms with Crippen molar-refractivity contribution < 1.29 is 9.21 Å². The predicted octanol–water partition coefficient (Wildman–Crippen LogP) is 6.91. The molecule has 1 saturated heterocycles. The summed E-state index contributed by atoms with van der Waals surface area (Å²) in [6, 6.07) is 16.3. The highest BCUT2D eigenvalue weighted by atomic mass is 79.9. The van der Waals surface area contributed by atoms with E-state index in [1.54, 1.807) is 36.4 Å². The first-order valence-electron chi connectivity index (χ1n) is 8.09. The summed E-state index contributed by atoms with van der Waals surface area (Å²) in [5, 5.41) is 4.26. The van der Waals surface area contributed by atoms with Crippen molar-refractivity contribution in [1.29, 1.82) is 0 Å². The van der Waals surface area contributed by atoms with Gasteiger partial charge in [-0.25, -0.2) is 4.99 Å². The Kier molecular flexibility index (Phi) is 5.64. The minimum atomic E-state index is -0.227. The van der Waals surface area contributed by atoms with E-state index in [0.717, 1.165) is 10.2 Å². The van der Waals surface area contributed by atoms with E-state index in [1.165, 1.54) is 11.8 Å². The van der Waals surface area contributed by atoms with Gasteiger partial charge in [0.05, 0.1) is 26.2 Å². The molecule has 1 aliphatic heterocycles. The SMILES string of the molecule is O=C1NC(=Nc2ccc(Br)cc2)SC1=Cc1ccc(-c2c(Cl)cccc2Cl)o1. The fraction of sp³-hybridized carbons (Fsp3) is 0.